The maximum Gasteiger partial charge on any atom is 0.294 e. The molecule has 0 radical (unpaired) electrons. The Bertz CT molecular complexity index is 1390. The fourth-order valence-corrected chi connectivity index (χ4v) is 4.42. The molecule has 0 bridgehead atoms. The molecule has 0 saturated carbocycles. The molecule has 9 heteroatoms. The zero-order chi connectivity index (χ0) is 26.5. The summed E-state index contributed by atoms with van der Waals surface area (Å²) in [6.07, 6.45) is 1.57. The summed E-state index contributed by atoms with van der Waals surface area (Å²) in [6.45, 7) is 3.75. The van der Waals surface area contributed by atoms with Crippen LogP contribution < -0.4 is 14.8 Å². The third-order valence-corrected chi connectivity index (χ3v) is 6.67. The highest BCUT2D eigenvalue weighted by atomic mass is 32.2. The highest BCUT2D eigenvalue weighted by molar-refractivity contribution is 8.18. The second-order valence-corrected chi connectivity index (χ2v) is 9.43. The van der Waals surface area contributed by atoms with Crippen LogP contribution in [0.5, 0.6) is 11.5 Å². The summed E-state index contributed by atoms with van der Waals surface area (Å²) in [7, 11) is 1.49. The first-order valence-corrected chi connectivity index (χ1v) is 12.2. The molecule has 3 amide bonds. The van der Waals surface area contributed by atoms with Gasteiger partial charge in [0.1, 0.15) is 19.0 Å². The lowest BCUT2D eigenvalue weighted by Crippen LogP contribution is -2.36. The van der Waals surface area contributed by atoms with E-state index in [1.165, 1.54) is 19.2 Å². The average Bonchev–Trinajstić information content (AvgIpc) is 3.13. The van der Waals surface area contributed by atoms with Gasteiger partial charge < -0.3 is 14.8 Å². The second-order valence-electron chi connectivity index (χ2n) is 8.44. The molecular formula is C28H25FN2O5S. The van der Waals surface area contributed by atoms with Gasteiger partial charge in [-0.1, -0.05) is 24.3 Å². The van der Waals surface area contributed by atoms with E-state index in [0.29, 0.717) is 22.7 Å². The van der Waals surface area contributed by atoms with Gasteiger partial charge in [-0.2, -0.15) is 0 Å². The molecule has 0 unspecified atom stereocenters. The molecule has 0 atom stereocenters. The minimum Gasteiger partial charge on any atom is -0.493 e. The number of hydrogen-bond acceptors (Lipinski definition) is 6. The van der Waals surface area contributed by atoms with E-state index in [0.717, 1.165) is 33.4 Å². The smallest absolute Gasteiger partial charge is 0.294 e. The van der Waals surface area contributed by atoms with Crippen LogP contribution in [0.4, 0.5) is 14.9 Å². The molecule has 37 heavy (non-hydrogen) atoms. The number of amides is 3. The lowest BCUT2D eigenvalue weighted by molar-refractivity contribution is -0.127. The third kappa shape index (κ3) is 6.37. The number of halogens is 1. The van der Waals surface area contributed by atoms with Crippen molar-refractivity contribution in [3.8, 4) is 11.5 Å². The molecule has 0 aromatic heterocycles. The van der Waals surface area contributed by atoms with Gasteiger partial charge in [-0.3, -0.25) is 19.3 Å². The van der Waals surface area contributed by atoms with Crippen molar-refractivity contribution in [2.75, 3.05) is 19.0 Å². The molecule has 3 aromatic carbocycles. The maximum absolute atomic E-state index is 13.1. The van der Waals surface area contributed by atoms with E-state index in [2.05, 4.69) is 5.32 Å². The van der Waals surface area contributed by atoms with Crippen LogP contribution in [0.3, 0.4) is 0 Å². The van der Waals surface area contributed by atoms with Crippen molar-refractivity contribution >= 4 is 40.6 Å². The lowest BCUT2D eigenvalue weighted by atomic mass is 10.1. The van der Waals surface area contributed by atoms with E-state index < -0.39 is 17.1 Å². The number of methoxy groups -OCH3 is 1. The molecule has 1 saturated heterocycles. The Kier molecular flexibility index (Phi) is 7.93. The molecule has 0 spiro atoms. The van der Waals surface area contributed by atoms with Crippen LogP contribution in [0.1, 0.15) is 22.3 Å². The van der Waals surface area contributed by atoms with Gasteiger partial charge in [-0.05, 0) is 90.3 Å². The minimum atomic E-state index is -0.541. The number of nitrogens with zero attached hydrogens (tertiary/aromatic N) is 1. The third-order valence-electron chi connectivity index (χ3n) is 5.76. The van der Waals surface area contributed by atoms with E-state index in [1.807, 2.05) is 26.0 Å². The summed E-state index contributed by atoms with van der Waals surface area (Å²) < 4.78 is 24.3. The van der Waals surface area contributed by atoms with E-state index >= 15 is 0 Å². The lowest BCUT2D eigenvalue weighted by Gasteiger charge is -2.13. The van der Waals surface area contributed by atoms with Crippen molar-refractivity contribution in [3.63, 3.8) is 0 Å². The molecule has 1 aliphatic rings. The number of aryl methyl sites for hydroxylation is 2. The van der Waals surface area contributed by atoms with Crippen molar-refractivity contribution in [1.29, 1.82) is 0 Å². The van der Waals surface area contributed by atoms with Crippen LogP contribution in [0, 0.1) is 19.7 Å². The van der Waals surface area contributed by atoms with E-state index in [4.69, 9.17) is 9.47 Å². The Morgan fingerprint density at radius 3 is 2.46 bits per heavy atom. The maximum atomic E-state index is 13.1. The van der Waals surface area contributed by atoms with Crippen molar-refractivity contribution in [3.05, 3.63) is 93.6 Å². The Hall–Kier alpha value is -4.11. The SMILES string of the molecule is COc1cc(/C=C2\SC(=O)N(CC(=O)Nc3ccc(C)c(C)c3)C2=O)ccc1OCc1ccc(F)cc1. The van der Waals surface area contributed by atoms with Gasteiger partial charge >= 0.3 is 0 Å². The first-order chi connectivity index (χ1) is 17.7. The first kappa shape index (κ1) is 26.0. The quantitative estimate of drug-likeness (QED) is 0.383. The highest BCUT2D eigenvalue weighted by Crippen LogP contribution is 2.34. The Morgan fingerprint density at radius 1 is 1.00 bits per heavy atom. The number of ether oxygens (including phenoxy) is 2. The van der Waals surface area contributed by atoms with Crippen molar-refractivity contribution in [1.82, 2.24) is 4.90 Å². The fraction of sp³-hybridized carbons (Fsp3) is 0.179. The van der Waals surface area contributed by atoms with Crippen molar-refractivity contribution < 1.29 is 28.2 Å². The Labute approximate surface area is 218 Å². The Balaban J connectivity index is 1.42. The summed E-state index contributed by atoms with van der Waals surface area (Å²) >= 11 is 0.771. The number of benzene rings is 3. The van der Waals surface area contributed by atoms with Crippen LogP contribution >= 0.6 is 11.8 Å². The zero-order valence-electron chi connectivity index (χ0n) is 20.5. The predicted octanol–water partition coefficient (Wildman–Crippen LogP) is 5.71. The first-order valence-electron chi connectivity index (χ1n) is 11.4. The second kappa shape index (κ2) is 11.3. The molecule has 0 aliphatic carbocycles. The molecule has 7 nitrogen and oxygen atoms in total. The zero-order valence-corrected chi connectivity index (χ0v) is 21.4. The topological polar surface area (TPSA) is 84.9 Å². The summed E-state index contributed by atoms with van der Waals surface area (Å²) in [4.78, 5) is 38.9. The molecule has 1 heterocycles. The standard InChI is InChI=1S/C28H25FN2O5S/c1-17-4-10-22(12-18(17)2)30-26(32)15-31-27(33)25(37-28(31)34)14-20-7-11-23(24(13-20)35-3)36-16-19-5-8-21(29)9-6-19/h4-14H,15-16H2,1-3H3,(H,30,32)/b25-14-. The molecule has 4 rings (SSSR count). The summed E-state index contributed by atoms with van der Waals surface area (Å²) in [5, 5.41) is 2.21. The van der Waals surface area contributed by atoms with Gasteiger partial charge in [0.25, 0.3) is 11.1 Å². The molecule has 190 valence electrons. The van der Waals surface area contributed by atoms with Crippen LogP contribution in [0.15, 0.2) is 65.6 Å². The molecule has 1 fully saturated rings. The van der Waals surface area contributed by atoms with Crippen LogP contribution in [-0.2, 0) is 16.2 Å². The van der Waals surface area contributed by atoms with E-state index in [1.54, 1.807) is 42.5 Å². The van der Waals surface area contributed by atoms with E-state index in [9.17, 15) is 18.8 Å². The summed E-state index contributed by atoms with van der Waals surface area (Å²) in [5.74, 6) is -0.419. The number of rotatable bonds is 8. The number of carbonyl (C=O) groups excluding carboxylic acids is 3. The number of nitrogens with one attached hydrogen (secondary N) is 1. The molecular weight excluding hydrogens is 495 g/mol. The molecule has 1 N–H and O–H groups in total. The minimum absolute atomic E-state index is 0.200. The van der Waals surface area contributed by atoms with Crippen LogP contribution in [-0.4, -0.2) is 35.6 Å². The molecule has 3 aromatic rings. The van der Waals surface area contributed by atoms with E-state index in [-0.39, 0.29) is 23.9 Å². The number of thioether (sulfide) groups is 1. The largest absolute Gasteiger partial charge is 0.493 e. The van der Waals surface area contributed by atoms with Crippen LogP contribution in [0.2, 0.25) is 0 Å². The fourth-order valence-electron chi connectivity index (χ4n) is 3.59. The van der Waals surface area contributed by atoms with Crippen molar-refractivity contribution in [2.24, 2.45) is 0 Å². The number of hydrogen-bond donors (Lipinski definition) is 1. The van der Waals surface area contributed by atoms with Crippen LogP contribution in [0.25, 0.3) is 6.08 Å². The van der Waals surface area contributed by atoms with Crippen molar-refractivity contribution in [2.45, 2.75) is 20.5 Å². The van der Waals surface area contributed by atoms with Gasteiger partial charge in [-0.25, -0.2) is 4.39 Å². The monoisotopic (exact) mass is 520 g/mol. The Morgan fingerprint density at radius 2 is 1.76 bits per heavy atom. The molecule has 1 aliphatic heterocycles. The average molecular weight is 521 g/mol. The van der Waals surface area contributed by atoms with Gasteiger partial charge in [0.05, 0.1) is 12.0 Å². The highest BCUT2D eigenvalue weighted by Gasteiger charge is 2.36. The summed E-state index contributed by atoms with van der Waals surface area (Å²) in [5.41, 5.74) is 4.13. The summed E-state index contributed by atoms with van der Waals surface area (Å²) in [6, 6.07) is 16.6. The van der Waals surface area contributed by atoms with Gasteiger partial charge in [0.15, 0.2) is 11.5 Å². The number of imide groups is 1. The van der Waals surface area contributed by atoms with Gasteiger partial charge in [-0.15, -0.1) is 0 Å². The predicted molar refractivity (Wildman–Crippen MR) is 141 cm³/mol. The number of carbonyl (C=O) groups is 3. The normalized spacial score (nSPS) is 14.3. The number of anilines is 1. The van der Waals surface area contributed by atoms with Gasteiger partial charge in [0, 0.05) is 5.69 Å². The van der Waals surface area contributed by atoms with Gasteiger partial charge in [0.2, 0.25) is 5.91 Å².